The molecule has 4 nitrogen and oxygen atoms in total. The number of thiophene rings is 1. The van der Waals surface area contributed by atoms with E-state index >= 15 is 0 Å². The third kappa shape index (κ3) is 3.92. The Hall–Kier alpha value is -1.62. The minimum atomic E-state index is 0.113. The highest BCUT2D eigenvalue weighted by Gasteiger charge is 2.12. The molecular weight excluding hydrogens is 258 g/mol. The van der Waals surface area contributed by atoms with Crippen molar-refractivity contribution in [3.8, 4) is 5.88 Å². The summed E-state index contributed by atoms with van der Waals surface area (Å²) >= 11 is 1.74. The second-order valence-electron chi connectivity index (χ2n) is 4.51. The molecule has 0 bridgehead atoms. The van der Waals surface area contributed by atoms with Gasteiger partial charge in [0.25, 0.3) is 0 Å². The van der Waals surface area contributed by atoms with E-state index in [9.17, 15) is 0 Å². The Bertz CT molecular complexity index is 499. The maximum atomic E-state index is 5.57. The zero-order valence-electron chi connectivity index (χ0n) is 11.5. The van der Waals surface area contributed by atoms with Gasteiger partial charge in [0.05, 0.1) is 12.1 Å². The molecule has 0 radical (unpaired) electrons. The van der Waals surface area contributed by atoms with E-state index in [1.54, 1.807) is 23.6 Å². The minimum absolute atomic E-state index is 0.113. The first-order chi connectivity index (χ1) is 9.19. The van der Waals surface area contributed by atoms with Gasteiger partial charge >= 0.3 is 0 Å². The van der Waals surface area contributed by atoms with Crippen molar-refractivity contribution in [3.05, 3.63) is 34.7 Å². The Kier molecular flexibility index (Phi) is 4.74. The number of nitrogens with one attached hydrogen (secondary N) is 1. The second kappa shape index (κ2) is 6.52. The van der Waals surface area contributed by atoms with E-state index in [0.29, 0.717) is 11.8 Å². The smallest absolute Gasteiger partial charge is 0.226 e. The molecule has 0 amide bonds. The van der Waals surface area contributed by atoms with Crippen molar-refractivity contribution in [2.45, 2.75) is 39.3 Å². The van der Waals surface area contributed by atoms with E-state index in [4.69, 9.17) is 4.74 Å². The highest BCUT2D eigenvalue weighted by molar-refractivity contribution is 7.10. The molecule has 2 heterocycles. The van der Waals surface area contributed by atoms with Crippen LogP contribution in [0, 0.1) is 0 Å². The Labute approximate surface area is 117 Å². The first-order valence-corrected chi connectivity index (χ1v) is 7.36. The van der Waals surface area contributed by atoms with Gasteiger partial charge in [0.2, 0.25) is 11.8 Å². The first-order valence-electron chi connectivity index (χ1n) is 6.48. The average Bonchev–Trinajstić information content (AvgIpc) is 2.89. The molecule has 1 unspecified atom stereocenters. The van der Waals surface area contributed by atoms with Crippen molar-refractivity contribution >= 4 is 17.3 Å². The van der Waals surface area contributed by atoms with Gasteiger partial charge in [-0.2, -0.15) is 4.98 Å². The first kappa shape index (κ1) is 13.8. The van der Waals surface area contributed by atoms with Gasteiger partial charge in [0.1, 0.15) is 0 Å². The van der Waals surface area contributed by atoms with E-state index in [-0.39, 0.29) is 12.1 Å². The number of aromatic nitrogens is 2. The molecule has 2 rings (SSSR count). The number of hydrogen-bond acceptors (Lipinski definition) is 5. The highest BCUT2D eigenvalue weighted by Crippen LogP contribution is 2.25. The van der Waals surface area contributed by atoms with Crippen molar-refractivity contribution in [1.82, 2.24) is 9.97 Å². The molecular formula is C14H19N3OS. The van der Waals surface area contributed by atoms with Gasteiger partial charge in [-0.3, -0.25) is 0 Å². The SMILES string of the molecule is CCC(Nc1nccc(OC(C)C)n1)c1cccs1. The van der Waals surface area contributed by atoms with Gasteiger partial charge in [-0.25, -0.2) is 4.98 Å². The fourth-order valence-corrected chi connectivity index (χ4v) is 2.60. The third-order valence-electron chi connectivity index (χ3n) is 2.58. The maximum Gasteiger partial charge on any atom is 0.226 e. The molecule has 0 saturated heterocycles. The van der Waals surface area contributed by atoms with Crippen LogP contribution < -0.4 is 10.1 Å². The largest absolute Gasteiger partial charge is 0.475 e. The lowest BCUT2D eigenvalue weighted by Crippen LogP contribution is -2.12. The molecule has 0 spiro atoms. The maximum absolute atomic E-state index is 5.57. The van der Waals surface area contributed by atoms with Crippen molar-refractivity contribution in [2.24, 2.45) is 0 Å². The number of rotatable bonds is 6. The highest BCUT2D eigenvalue weighted by atomic mass is 32.1. The summed E-state index contributed by atoms with van der Waals surface area (Å²) in [7, 11) is 0. The lowest BCUT2D eigenvalue weighted by Gasteiger charge is -2.16. The zero-order valence-corrected chi connectivity index (χ0v) is 12.3. The summed E-state index contributed by atoms with van der Waals surface area (Å²) in [6.07, 6.45) is 2.81. The van der Waals surface area contributed by atoms with E-state index in [0.717, 1.165) is 6.42 Å². The number of anilines is 1. The second-order valence-corrected chi connectivity index (χ2v) is 5.48. The topological polar surface area (TPSA) is 47.0 Å². The zero-order chi connectivity index (χ0) is 13.7. The third-order valence-corrected chi connectivity index (χ3v) is 3.57. The minimum Gasteiger partial charge on any atom is -0.475 e. The van der Waals surface area contributed by atoms with Crippen LogP contribution in [0.25, 0.3) is 0 Å². The summed E-state index contributed by atoms with van der Waals surface area (Å²) in [5.74, 6) is 1.21. The van der Waals surface area contributed by atoms with Crippen LogP contribution >= 0.6 is 11.3 Å². The molecule has 0 aliphatic rings. The summed E-state index contributed by atoms with van der Waals surface area (Å²) in [4.78, 5) is 9.91. The van der Waals surface area contributed by atoms with Gasteiger partial charge in [0.15, 0.2) is 0 Å². The predicted octanol–water partition coefficient (Wildman–Crippen LogP) is 3.89. The van der Waals surface area contributed by atoms with Gasteiger partial charge in [-0.1, -0.05) is 13.0 Å². The Morgan fingerprint density at radius 1 is 1.37 bits per heavy atom. The Morgan fingerprint density at radius 3 is 2.84 bits per heavy atom. The summed E-state index contributed by atoms with van der Waals surface area (Å²) in [5.41, 5.74) is 0. The van der Waals surface area contributed by atoms with Gasteiger partial charge in [0, 0.05) is 17.1 Å². The molecule has 2 aromatic rings. The normalized spacial score (nSPS) is 12.4. The van der Waals surface area contributed by atoms with E-state index < -0.39 is 0 Å². The molecule has 1 N–H and O–H groups in total. The summed E-state index contributed by atoms with van der Waals surface area (Å²) < 4.78 is 5.57. The van der Waals surface area contributed by atoms with Crippen molar-refractivity contribution in [2.75, 3.05) is 5.32 Å². The molecule has 5 heteroatoms. The van der Waals surface area contributed by atoms with Crippen LogP contribution in [0.4, 0.5) is 5.95 Å². The predicted molar refractivity (Wildman–Crippen MR) is 78.8 cm³/mol. The number of nitrogens with zero attached hydrogens (tertiary/aromatic N) is 2. The van der Waals surface area contributed by atoms with Crippen LogP contribution in [0.15, 0.2) is 29.8 Å². The van der Waals surface area contributed by atoms with Crippen LogP contribution in [-0.4, -0.2) is 16.1 Å². The molecule has 0 aliphatic carbocycles. The standard InChI is InChI=1S/C14H19N3OS/c1-4-11(12-6-5-9-19-12)16-14-15-8-7-13(17-14)18-10(2)3/h5-11H,4H2,1-3H3,(H,15,16,17). The van der Waals surface area contributed by atoms with Crippen LogP contribution in [-0.2, 0) is 0 Å². The summed E-state index contributed by atoms with van der Waals surface area (Å²) in [5, 5.41) is 5.44. The lowest BCUT2D eigenvalue weighted by atomic mass is 10.2. The van der Waals surface area contributed by atoms with Crippen LogP contribution in [0.5, 0.6) is 5.88 Å². The molecule has 19 heavy (non-hydrogen) atoms. The molecule has 0 saturated carbocycles. The lowest BCUT2D eigenvalue weighted by molar-refractivity contribution is 0.232. The van der Waals surface area contributed by atoms with Crippen molar-refractivity contribution in [1.29, 1.82) is 0 Å². The quantitative estimate of drug-likeness (QED) is 0.870. The van der Waals surface area contributed by atoms with Crippen molar-refractivity contribution in [3.63, 3.8) is 0 Å². The van der Waals surface area contributed by atoms with Gasteiger partial charge in [-0.15, -0.1) is 11.3 Å². The molecule has 0 aliphatic heterocycles. The molecule has 1 atom stereocenters. The van der Waals surface area contributed by atoms with Crippen LogP contribution in [0.2, 0.25) is 0 Å². The number of ether oxygens (including phenoxy) is 1. The Balaban J connectivity index is 2.09. The fourth-order valence-electron chi connectivity index (χ4n) is 1.74. The van der Waals surface area contributed by atoms with E-state index in [2.05, 4.69) is 39.7 Å². The average molecular weight is 277 g/mol. The molecule has 0 aromatic carbocycles. The molecule has 0 fully saturated rings. The summed E-state index contributed by atoms with van der Waals surface area (Å²) in [6.45, 7) is 6.11. The van der Waals surface area contributed by atoms with Crippen molar-refractivity contribution < 1.29 is 4.74 Å². The van der Waals surface area contributed by atoms with E-state index in [1.807, 2.05) is 13.8 Å². The number of hydrogen-bond donors (Lipinski definition) is 1. The molecule has 2 aromatic heterocycles. The van der Waals surface area contributed by atoms with Gasteiger partial charge in [-0.05, 0) is 31.7 Å². The fraction of sp³-hybridized carbons (Fsp3) is 0.429. The Morgan fingerprint density at radius 2 is 2.21 bits per heavy atom. The summed E-state index contributed by atoms with van der Waals surface area (Å²) in [6, 6.07) is 6.20. The van der Waals surface area contributed by atoms with Gasteiger partial charge < -0.3 is 10.1 Å². The van der Waals surface area contributed by atoms with Crippen LogP contribution in [0.1, 0.15) is 38.1 Å². The van der Waals surface area contributed by atoms with E-state index in [1.165, 1.54) is 4.88 Å². The van der Waals surface area contributed by atoms with Crippen LogP contribution in [0.3, 0.4) is 0 Å². The molecule has 102 valence electrons. The monoisotopic (exact) mass is 277 g/mol.